The van der Waals surface area contributed by atoms with Crippen molar-refractivity contribution in [3.8, 4) is 16.9 Å². The van der Waals surface area contributed by atoms with Crippen molar-refractivity contribution in [3.63, 3.8) is 0 Å². The average molecular weight is 233 g/mol. The Labute approximate surface area is 96.2 Å². The van der Waals surface area contributed by atoms with Crippen molar-refractivity contribution in [2.24, 2.45) is 0 Å². The van der Waals surface area contributed by atoms with E-state index in [-0.39, 0.29) is 5.75 Å². The number of hydrogen-bond acceptors (Lipinski definition) is 3. The lowest BCUT2D eigenvalue weighted by Gasteiger charge is -2.02. The summed E-state index contributed by atoms with van der Waals surface area (Å²) in [6.07, 6.45) is 3.28. The molecule has 0 radical (unpaired) electrons. The first-order valence-electron chi connectivity index (χ1n) is 4.76. The van der Waals surface area contributed by atoms with Crippen LogP contribution in [0.5, 0.6) is 5.75 Å². The first kappa shape index (κ1) is 10.8. The number of pyridine rings is 1. The molecule has 16 heavy (non-hydrogen) atoms. The van der Waals surface area contributed by atoms with Crippen LogP contribution in [0.15, 0.2) is 47.6 Å². The van der Waals surface area contributed by atoms with Gasteiger partial charge >= 0.3 is 0 Å². The van der Waals surface area contributed by atoms with Crippen LogP contribution >= 0.6 is 0 Å². The second-order valence-corrected chi connectivity index (χ2v) is 4.71. The Hall–Kier alpha value is -1.68. The number of aromatic hydroxyl groups is 1. The SMILES string of the molecule is CS(=O)c1ccc(-c2ccc(O)cc2)cn1. The molecule has 0 fully saturated rings. The van der Waals surface area contributed by atoms with Crippen LogP contribution < -0.4 is 0 Å². The lowest BCUT2D eigenvalue weighted by molar-refractivity contribution is 0.475. The van der Waals surface area contributed by atoms with E-state index >= 15 is 0 Å². The molecule has 1 N–H and O–H groups in total. The largest absolute Gasteiger partial charge is 0.508 e. The maximum Gasteiger partial charge on any atom is 0.126 e. The molecule has 0 bridgehead atoms. The third-order valence-corrected chi connectivity index (χ3v) is 3.06. The third-order valence-electron chi connectivity index (χ3n) is 2.23. The summed E-state index contributed by atoms with van der Waals surface area (Å²) in [6.45, 7) is 0. The molecule has 1 aromatic carbocycles. The minimum atomic E-state index is -1.05. The molecule has 1 heterocycles. The number of phenolic OH excluding ortho intramolecular Hbond substituents is 1. The monoisotopic (exact) mass is 233 g/mol. The van der Waals surface area contributed by atoms with E-state index in [1.54, 1.807) is 30.7 Å². The normalized spacial score (nSPS) is 12.3. The lowest BCUT2D eigenvalue weighted by atomic mass is 10.1. The van der Waals surface area contributed by atoms with Crippen LogP contribution in [0.3, 0.4) is 0 Å². The Bertz CT molecular complexity index is 506. The lowest BCUT2D eigenvalue weighted by Crippen LogP contribution is -1.91. The predicted octanol–water partition coefficient (Wildman–Crippen LogP) is 2.19. The highest BCUT2D eigenvalue weighted by molar-refractivity contribution is 7.84. The Morgan fingerprint density at radius 2 is 1.69 bits per heavy atom. The Balaban J connectivity index is 2.34. The van der Waals surface area contributed by atoms with Crippen molar-refractivity contribution < 1.29 is 9.32 Å². The molecule has 82 valence electrons. The highest BCUT2D eigenvalue weighted by Gasteiger charge is 2.01. The van der Waals surface area contributed by atoms with Crippen LogP contribution in [0, 0.1) is 0 Å². The Kier molecular flexibility index (Phi) is 3.01. The molecule has 2 aromatic rings. The zero-order valence-corrected chi connectivity index (χ0v) is 9.57. The van der Waals surface area contributed by atoms with Crippen LogP contribution in [0.2, 0.25) is 0 Å². The molecule has 0 saturated heterocycles. The van der Waals surface area contributed by atoms with E-state index in [4.69, 9.17) is 5.11 Å². The van der Waals surface area contributed by atoms with Gasteiger partial charge in [-0.1, -0.05) is 18.2 Å². The van der Waals surface area contributed by atoms with Crippen LogP contribution in [0.4, 0.5) is 0 Å². The molecule has 0 amide bonds. The summed E-state index contributed by atoms with van der Waals surface area (Å²) in [4.78, 5) is 4.11. The van der Waals surface area contributed by atoms with Gasteiger partial charge in [0.1, 0.15) is 10.8 Å². The minimum absolute atomic E-state index is 0.239. The highest BCUT2D eigenvalue weighted by Crippen LogP contribution is 2.21. The average Bonchev–Trinajstić information content (AvgIpc) is 2.30. The summed E-state index contributed by atoms with van der Waals surface area (Å²) in [5.74, 6) is 0.239. The van der Waals surface area contributed by atoms with E-state index in [1.807, 2.05) is 18.2 Å². The molecular formula is C12H11NO2S. The van der Waals surface area contributed by atoms with Crippen LogP contribution in [0.25, 0.3) is 11.1 Å². The van der Waals surface area contributed by atoms with Crippen LogP contribution in [0.1, 0.15) is 0 Å². The van der Waals surface area contributed by atoms with E-state index < -0.39 is 10.8 Å². The summed E-state index contributed by atoms with van der Waals surface area (Å²) in [5, 5.41) is 9.74. The first-order valence-corrected chi connectivity index (χ1v) is 6.31. The van der Waals surface area contributed by atoms with Gasteiger partial charge in [-0.3, -0.25) is 4.21 Å². The molecule has 3 nitrogen and oxygen atoms in total. The van der Waals surface area contributed by atoms with E-state index in [2.05, 4.69) is 4.98 Å². The van der Waals surface area contributed by atoms with Crippen molar-refractivity contribution in [2.75, 3.05) is 6.26 Å². The second kappa shape index (κ2) is 4.45. The van der Waals surface area contributed by atoms with E-state index in [0.29, 0.717) is 5.03 Å². The topological polar surface area (TPSA) is 50.2 Å². The number of nitrogens with zero attached hydrogens (tertiary/aromatic N) is 1. The number of aromatic nitrogens is 1. The van der Waals surface area contributed by atoms with E-state index in [0.717, 1.165) is 11.1 Å². The molecule has 4 heteroatoms. The fraction of sp³-hybridized carbons (Fsp3) is 0.0833. The summed E-state index contributed by atoms with van der Waals surface area (Å²) >= 11 is 0. The van der Waals surface area contributed by atoms with Crippen LogP contribution in [-0.4, -0.2) is 20.6 Å². The molecule has 1 aromatic heterocycles. The summed E-state index contributed by atoms with van der Waals surface area (Å²) in [7, 11) is -1.05. The molecule has 1 atom stereocenters. The fourth-order valence-corrected chi connectivity index (χ4v) is 1.84. The van der Waals surface area contributed by atoms with Gasteiger partial charge in [0, 0.05) is 18.0 Å². The van der Waals surface area contributed by atoms with Gasteiger partial charge in [-0.25, -0.2) is 4.98 Å². The van der Waals surface area contributed by atoms with Crippen molar-refractivity contribution in [1.29, 1.82) is 0 Å². The fourth-order valence-electron chi connectivity index (χ4n) is 1.37. The van der Waals surface area contributed by atoms with Crippen LogP contribution in [-0.2, 0) is 10.8 Å². The van der Waals surface area contributed by atoms with Crippen molar-refractivity contribution in [2.45, 2.75) is 5.03 Å². The summed E-state index contributed by atoms with van der Waals surface area (Å²) < 4.78 is 11.2. The van der Waals surface area contributed by atoms with Crippen molar-refractivity contribution >= 4 is 10.8 Å². The van der Waals surface area contributed by atoms with Gasteiger partial charge in [-0.2, -0.15) is 0 Å². The molecule has 2 rings (SSSR count). The summed E-state index contributed by atoms with van der Waals surface area (Å²) in [6, 6.07) is 10.5. The van der Waals surface area contributed by atoms with Gasteiger partial charge in [0.2, 0.25) is 0 Å². The molecule has 0 aliphatic carbocycles. The third kappa shape index (κ3) is 2.28. The quantitative estimate of drug-likeness (QED) is 0.865. The van der Waals surface area contributed by atoms with Crippen molar-refractivity contribution in [3.05, 3.63) is 42.6 Å². The molecule has 0 saturated carbocycles. The smallest absolute Gasteiger partial charge is 0.126 e. The molecule has 1 unspecified atom stereocenters. The van der Waals surface area contributed by atoms with Crippen molar-refractivity contribution in [1.82, 2.24) is 4.98 Å². The molecule has 0 aliphatic heterocycles. The van der Waals surface area contributed by atoms with Gasteiger partial charge < -0.3 is 5.11 Å². The number of phenols is 1. The van der Waals surface area contributed by atoms with Gasteiger partial charge in [0.15, 0.2) is 0 Å². The van der Waals surface area contributed by atoms with E-state index in [1.165, 1.54) is 0 Å². The predicted molar refractivity (Wildman–Crippen MR) is 63.7 cm³/mol. The first-order chi connectivity index (χ1) is 7.66. The van der Waals surface area contributed by atoms with E-state index in [9.17, 15) is 4.21 Å². The van der Waals surface area contributed by atoms with Gasteiger partial charge in [-0.05, 0) is 23.8 Å². The standard InChI is InChI=1S/C12H11NO2S/c1-16(15)12-7-4-10(8-13-12)9-2-5-11(14)6-3-9/h2-8,14H,1H3. The molecule has 0 aliphatic rings. The Morgan fingerprint density at radius 1 is 1.06 bits per heavy atom. The highest BCUT2D eigenvalue weighted by atomic mass is 32.2. The number of hydrogen-bond donors (Lipinski definition) is 1. The minimum Gasteiger partial charge on any atom is -0.508 e. The number of rotatable bonds is 2. The summed E-state index contributed by atoms with van der Waals surface area (Å²) in [5.41, 5.74) is 1.91. The van der Waals surface area contributed by atoms with Gasteiger partial charge in [0.25, 0.3) is 0 Å². The van der Waals surface area contributed by atoms with Gasteiger partial charge in [-0.15, -0.1) is 0 Å². The molecule has 0 spiro atoms. The van der Waals surface area contributed by atoms with Gasteiger partial charge in [0.05, 0.1) is 10.8 Å². The zero-order chi connectivity index (χ0) is 11.5. The number of benzene rings is 1. The maximum atomic E-state index is 11.2. The zero-order valence-electron chi connectivity index (χ0n) is 8.75. The second-order valence-electron chi connectivity index (χ2n) is 3.39. The Morgan fingerprint density at radius 3 is 2.19 bits per heavy atom. The maximum absolute atomic E-state index is 11.2. The molecular weight excluding hydrogens is 222 g/mol.